The Bertz CT molecular complexity index is 577. The van der Waals surface area contributed by atoms with Crippen LogP contribution in [-0.4, -0.2) is 25.6 Å². The molecular weight excluding hydrogens is 230 g/mol. The van der Waals surface area contributed by atoms with Gasteiger partial charge in [-0.15, -0.1) is 0 Å². The fourth-order valence-electron chi connectivity index (χ4n) is 2.28. The summed E-state index contributed by atoms with van der Waals surface area (Å²) >= 11 is 0. The van der Waals surface area contributed by atoms with E-state index in [1.165, 1.54) is 0 Å². The first-order chi connectivity index (χ1) is 8.74. The van der Waals surface area contributed by atoms with E-state index in [0.29, 0.717) is 19.4 Å². The van der Waals surface area contributed by atoms with Crippen LogP contribution in [0.5, 0.6) is 0 Å². The third-order valence-corrected chi connectivity index (χ3v) is 3.28. The molecule has 0 saturated heterocycles. The summed E-state index contributed by atoms with van der Waals surface area (Å²) in [6.45, 7) is 0.714. The van der Waals surface area contributed by atoms with Crippen LogP contribution >= 0.6 is 0 Å². The van der Waals surface area contributed by atoms with Crippen LogP contribution in [0.15, 0.2) is 30.6 Å². The van der Waals surface area contributed by atoms with E-state index in [0.717, 1.165) is 17.2 Å². The molecule has 1 aliphatic rings. The molecule has 3 heterocycles. The van der Waals surface area contributed by atoms with Gasteiger partial charge in [-0.25, -0.2) is 4.98 Å². The van der Waals surface area contributed by atoms with Crippen molar-refractivity contribution in [2.75, 3.05) is 0 Å². The first-order valence-corrected chi connectivity index (χ1v) is 5.94. The predicted octanol–water partition coefficient (Wildman–Crippen LogP) is 1.59. The number of carbonyl (C=O) groups is 1. The number of carboxylic acids is 1. The van der Waals surface area contributed by atoms with Gasteiger partial charge in [-0.2, -0.15) is 0 Å². The van der Waals surface area contributed by atoms with Crippen molar-refractivity contribution in [3.8, 4) is 11.4 Å². The lowest BCUT2D eigenvalue weighted by molar-refractivity contribution is -0.142. The molecule has 0 bridgehead atoms. The summed E-state index contributed by atoms with van der Waals surface area (Å²) < 4.78 is 2.03. The Morgan fingerprint density at radius 2 is 2.28 bits per heavy atom. The summed E-state index contributed by atoms with van der Waals surface area (Å²) in [5.74, 6) is -0.200. The lowest BCUT2D eigenvalue weighted by Crippen LogP contribution is -2.25. The number of fused-ring (bicyclic) bond motifs is 1. The molecule has 0 aromatic carbocycles. The van der Waals surface area contributed by atoms with Gasteiger partial charge in [0.05, 0.1) is 11.6 Å². The number of imidazole rings is 1. The maximum absolute atomic E-state index is 11.0. The molecule has 18 heavy (non-hydrogen) atoms. The van der Waals surface area contributed by atoms with Crippen molar-refractivity contribution >= 4 is 5.97 Å². The molecule has 2 aromatic rings. The molecule has 0 amide bonds. The quantitative estimate of drug-likeness (QED) is 0.869. The predicted molar refractivity (Wildman–Crippen MR) is 64.9 cm³/mol. The van der Waals surface area contributed by atoms with E-state index >= 15 is 0 Å². The van der Waals surface area contributed by atoms with E-state index in [1.807, 2.05) is 29.0 Å². The number of aryl methyl sites for hydroxylation is 1. The van der Waals surface area contributed by atoms with E-state index in [9.17, 15) is 4.79 Å². The average molecular weight is 243 g/mol. The maximum atomic E-state index is 11.0. The van der Waals surface area contributed by atoms with Gasteiger partial charge >= 0.3 is 5.97 Å². The normalized spacial score (nSPS) is 18.3. The summed E-state index contributed by atoms with van der Waals surface area (Å²) in [6.07, 6.45) is 4.85. The molecule has 2 aromatic heterocycles. The standard InChI is InChI=1S/C13H13N3O2/c17-13(18)9-4-6-16-8-11(15-12(16)7-9)10-3-1-2-5-14-10/h1-3,5,8-9H,4,6-7H2,(H,17,18). The second kappa shape index (κ2) is 4.25. The van der Waals surface area contributed by atoms with Crippen molar-refractivity contribution in [2.45, 2.75) is 19.4 Å². The van der Waals surface area contributed by atoms with Crippen molar-refractivity contribution in [3.05, 3.63) is 36.4 Å². The van der Waals surface area contributed by atoms with E-state index in [1.54, 1.807) is 6.20 Å². The van der Waals surface area contributed by atoms with Gasteiger partial charge in [-0.3, -0.25) is 9.78 Å². The monoisotopic (exact) mass is 243 g/mol. The van der Waals surface area contributed by atoms with Crippen molar-refractivity contribution < 1.29 is 9.90 Å². The fraction of sp³-hybridized carbons (Fsp3) is 0.308. The van der Waals surface area contributed by atoms with E-state index < -0.39 is 5.97 Å². The zero-order valence-corrected chi connectivity index (χ0v) is 9.78. The Labute approximate surface area is 104 Å². The topological polar surface area (TPSA) is 68.0 Å². The summed E-state index contributed by atoms with van der Waals surface area (Å²) in [5, 5.41) is 9.04. The van der Waals surface area contributed by atoms with Crippen LogP contribution in [0.2, 0.25) is 0 Å². The summed E-state index contributed by atoms with van der Waals surface area (Å²) in [6, 6.07) is 5.68. The Morgan fingerprint density at radius 3 is 3.00 bits per heavy atom. The van der Waals surface area contributed by atoms with Gasteiger partial charge < -0.3 is 9.67 Å². The minimum Gasteiger partial charge on any atom is -0.481 e. The van der Waals surface area contributed by atoms with Crippen molar-refractivity contribution in [2.24, 2.45) is 5.92 Å². The number of pyridine rings is 1. The fourth-order valence-corrected chi connectivity index (χ4v) is 2.28. The highest BCUT2D eigenvalue weighted by molar-refractivity contribution is 5.70. The number of hydrogen-bond donors (Lipinski definition) is 1. The Morgan fingerprint density at radius 1 is 1.39 bits per heavy atom. The molecule has 0 saturated carbocycles. The van der Waals surface area contributed by atoms with E-state index in [2.05, 4.69) is 9.97 Å². The summed E-state index contributed by atoms with van der Waals surface area (Å²) in [5.41, 5.74) is 1.64. The largest absolute Gasteiger partial charge is 0.481 e. The third-order valence-electron chi connectivity index (χ3n) is 3.28. The zero-order chi connectivity index (χ0) is 12.5. The van der Waals surface area contributed by atoms with Gasteiger partial charge in [0.2, 0.25) is 0 Å². The first kappa shape index (κ1) is 11.0. The molecule has 1 N–H and O–H groups in total. The van der Waals surface area contributed by atoms with Crippen LogP contribution in [0.3, 0.4) is 0 Å². The molecular formula is C13H13N3O2. The van der Waals surface area contributed by atoms with Crippen LogP contribution in [0.25, 0.3) is 11.4 Å². The molecule has 0 fully saturated rings. The average Bonchev–Trinajstić information content (AvgIpc) is 2.82. The molecule has 5 nitrogen and oxygen atoms in total. The number of aromatic nitrogens is 3. The lowest BCUT2D eigenvalue weighted by Gasteiger charge is -2.19. The number of nitrogens with zero attached hydrogens (tertiary/aromatic N) is 3. The molecule has 3 rings (SSSR count). The van der Waals surface area contributed by atoms with Crippen LogP contribution in [-0.2, 0) is 17.8 Å². The van der Waals surface area contributed by atoms with Crippen LogP contribution in [0, 0.1) is 5.92 Å². The number of hydrogen-bond acceptors (Lipinski definition) is 3. The molecule has 92 valence electrons. The highest BCUT2D eigenvalue weighted by Crippen LogP contribution is 2.24. The van der Waals surface area contributed by atoms with Gasteiger partial charge in [0.25, 0.3) is 0 Å². The number of aliphatic carboxylic acids is 1. The number of rotatable bonds is 2. The van der Waals surface area contributed by atoms with Crippen molar-refractivity contribution in [3.63, 3.8) is 0 Å². The Balaban J connectivity index is 1.92. The second-order valence-electron chi connectivity index (χ2n) is 4.48. The highest BCUT2D eigenvalue weighted by Gasteiger charge is 2.26. The van der Waals surface area contributed by atoms with Crippen LogP contribution in [0.1, 0.15) is 12.2 Å². The van der Waals surface area contributed by atoms with Gasteiger partial charge in [0.1, 0.15) is 11.5 Å². The van der Waals surface area contributed by atoms with Crippen LogP contribution < -0.4 is 0 Å². The smallest absolute Gasteiger partial charge is 0.307 e. The molecule has 1 unspecified atom stereocenters. The minimum atomic E-state index is -0.733. The maximum Gasteiger partial charge on any atom is 0.307 e. The molecule has 1 atom stereocenters. The van der Waals surface area contributed by atoms with Gasteiger partial charge in [0.15, 0.2) is 0 Å². The summed E-state index contributed by atoms with van der Waals surface area (Å²) in [4.78, 5) is 19.7. The Kier molecular flexibility index (Phi) is 2.59. The van der Waals surface area contributed by atoms with E-state index in [4.69, 9.17) is 5.11 Å². The summed E-state index contributed by atoms with van der Waals surface area (Å²) in [7, 11) is 0. The lowest BCUT2D eigenvalue weighted by atomic mass is 9.98. The molecule has 1 aliphatic heterocycles. The van der Waals surface area contributed by atoms with Crippen LogP contribution in [0.4, 0.5) is 0 Å². The minimum absolute atomic E-state index is 0.309. The SMILES string of the molecule is O=C(O)C1CCn2cc(-c3ccccn3)nc2C1. The molecule has 0 aliphatic carbocycles. The molecule has 0 radical (unpaired) electrons. The van der Waals surface area contributed by atoms with Crippen molar-refractivity contribution in [1.82, 2.24) is 14.5 Å². The molecule has 0 spiro atoms. The number of carboxylic acid groups (broad SMARTS) is 1. The third kappa shape index (κ3) is 1.88. The molecule has 5 heteroatoms. The van der Waals surface area contributed by atoms with E-state index in [-0.39, 0.29) is 5.92 Å². The second-order valence-corrected chi connectivity index (χ2v) is 4.48. The van der Waals surface area contributed by atoms with Gasteiger partial charge in [0, 0.05) is 25.4 Å². The first-order valence-electron chi connectivity index (χ1n) is 5.94. The van der Waals surface area contributed by atoms with Gasteiger partial charge in [-0.05, 0) is 18.6 Å². The Hall–Kier alpha value is -2.17. The van der Waals surface area contributed by atoms with Crippen molar-refractivity contribution in [1.29, 1.82) is 0 Å². The van der Waals surface area contributed by atoms with Gasteiger partial charge in [-0.1, -0.05) is 6.07 Å². The highest BCUT2D eigenvalue weighted by atomic mass is 16.4. The zero-order valence-electron chi connectivity index (χ0n) is 9.78.